The molecule has 0 saturated carbocycles. The van der Waals surface area contributed by atoms with Crippen molar-refractivity contribution in [2.45, 2.75) is 12.6 Å². The highest BCUT2D eigenvalue weighted by Crippen LogP contribution is 2.28. The molecule has 0 radical (unpaired) electrons. The third kappa shape index (κ3) is 3.07. The van der Waals surface area contributed by atoms with Crippen LogP contribution in [-0.4, -0.2) is 28.7 Å². The molecule has 0 aliphatic rings. The largest absolute Gasteiger partial charge is 0.491 e. The molecule has 4 aromatic rings. The summed E-state index contributed by atoms with van der Waals surface area (Å²) >= 11 is 0. The fourth-order valence-corrected chi connectivity index (χ4v) is 3.30. The summed E-state index contributed by atoms with van der Waals surface area (Å²) in [6.07, 6.45) is 0.140. The van der Waals surface area contributed by atoms with E-state index in [0.29, 0.717) is 17.9 Å². The molecule has 1 atom stereocenters. The maximum absolute atomic E-state index is 10.7. The summed E-state index contributed by atoms with van der Waals surface area (Å²) in [5, 5.41) is 12.9. The minimum atomic E-state index is -0.653. The molecule has 0 aliphatic carbocycles. The maximum atomic E-state index is 10.7. The van der Waals surface area contributed by atoms with E-state index in [1.165, 1.54) is 10.8 Å². The molecular formula is C22H19NO3. The number of fused-ring (bicyclic) bond motifs is 3. The van der Waals surface area contributed by atoms with Crippen LogP contribution in [0.15, 0.2) is 72.8 Å². The molecule has 26 heavy (non-hydrogen) atoms. The van der Waals surface area contributed by atoms with Gasteiger partial charge in [0.2, 0.25) is 0 Å². The molecule has 4 heteroatoms. The lowest BCUT2D eigenvalue weighted by molar-refractivity contribution is 0.0944. The molecule has 0 spiro atoms. The molecule has 3 aromatic carbocycles. The van der Waals surface area contributed by atoms with Crippen LogP contribution in [0.2, 0.25) is 0 Å². The van der Waals surface area contributed by atoms with Crippen LogP contribution in [0.1, 0.15) is 10.4 Å². The Balaban J connectivity index is 1.55. The van der Waals surface area contributed by atoms with Gasteiger partial charge in [0.05, 0.1) is 6.54 Å². The van der Waals surface area contributed by atoms with Gasteiger partial charge in [0.15, 0.2) is 0 Å². The number of hydrogen-bond donors (Lipinski definition) is 1. The fourth-order valence-electron chi connectivity index (χ4n) is 3.30. The summed E-state index contributed by atoms with van der Waals surface area (Å²) in [7, 11) is 0. The number of rotatable bonds is 6. The van der Waals surface area contributed by atoms with Crippen LogP contribution in [0, 0.1) is 0 Å². The van der Waals surface area contributed by atoms with E-state index in [9.17, 15) is 9.90 Å². The van der Waals surface area contributed by atoms with Crippen molar-refractivity contribution >= 4 is 28.1 Å². The van der Waals surface area contributed by atoms with Gasteiger partial charge >= 0.3 is 0 Å². The van der Waals surface area contributed by atoms with Crippen molar-refractivity contribution in [2.75, 3.05) is 6.61 Å². The Morgan fingerprint density at radius 3 is 2.04 bits per heavy atom. The van der Waals surface area contributed by atoms with Crippen LogP contribution >= 0.6 is 0 Å². The lowest BCUT2D eigenvalue weighted by Crippen LogP contribution is -2.23. The first kappa shape index (κ1) is 16.4. The zero-order valence-electron chi connectivity index (χ0n) is 14.2. The van der Waals surface area contributed by atoms with Gasteiger partial charge in [-0.2, -0.15) is 0 Å². The Hall–Kier alpha value is -3.11. The first-order valence-electron chi connectivity index (χ1n) is 8.58. The number of carbonyl (C=O) groups excluding carboxylic acids is 1. The number of nitrogens with zero attached hydrogens (tertiary/aromatic N) is 1. The van der Waals surface area contributed by atoms with Crippen LogP contribution < -0.4 is 4.74 Å². The quantitative estimate of drug-likeness (QED) is 0.537. The highest BCUT2D eigenvalue weighted by molar-refractivity contribution is 6.07. The Bertz CT molecular complexity index is 997. The summed E-state index contributed by atoms with van der Waals surface area (Å²) in [6, 6.07) is 23.3. The molecule has 130 valence electrons. The first-order chi connectivity index (χ1) is 12.8. The van der Waals surface area contributed by atoms with E-state index >= 15 is 0 Å². The van der Waals surface area contributed by atoms with E-state index < -0.39 is 6.10 Å². The molecule has 1 N–H and O–H groups in total. The molecule has 0 saturated heterocycles. The molecular weight excluding hydrogens is 326 g/mol. The van der Waals surface area contributed by atoms with E-state index in [2.05, 4.69) is 28.8 Å². The Labute approximate surface area is 151 Å². The van der Waals surface area contributed by atoms with Gasteiger partial charge in [0.1, 0.15) is 24.7 Å². The van der Waals surface area contributed by atoms with Gasteiger partial charge in [-0.3, -0.25) is 4.79 Å². The average molecular weight is 345 g/mol. The normalized spacial score (nSPS) is 12.3. The van der Waals surface area contributed by atoms with E-state index in [-0.39, 0.29) is 6.61 Å². The number of carbonyl (C=O) groups is 1. The average Bonchev–Trinajstić information content (AvgIpc) is 3.01. The van der Waals surface area contributed by atoms with Crippen molar-refractivity contribution in [2.24, 2.45) is 0 Å². The third-order valence-corrected chi connectivity index (χ3v) is 4.53. The monoisotopic (exact) mass is 345 g/mol. The van der Waals surface area contributed by atoms with Gasteiger partial charge in [0, 0.05) is 27.4 Å². The summed E-state index contributed by atoms with van der Waals surface area (Å²) in [5.41, 5.74) is 2.80. The predicted octanol–water partition coefficient (Wildman–Crippen LogP) is 4.05. The number of aliphatic hydroxyl groups excluding tert-OH is 1. The van der Waals surface area contributed by atoms with Crippen molar-refractivity contribution in [3.63, 3.8) is 0 Å². The Morgan fingerprint density at radius 1 is 0.885 bits per heavy atom. The second-order valence-corrected chi connectivity index (χ2v) is 6.30. The number of ether oxygens (including phenoxy) is 1. The number of aromatic nitrogens is 1. The van der Waals surface area contributed by atoms with E-state index in [4.69, 9.17) is 4.74 Å². The summed E-state index contributed by atoms with van der Waals surface area (Å²) in [6.45, 7) is 0.627. The van der Waals surface area contributed by atoms with E-state index in [1.807, 2.05) is 24.3 Å². The molecule has 0 aliphatic heterocycles. The highest BCUT2D eigenvalue weighted by atomic mass is 16.5. The Kier molecular flexibility index (Phi) is 4.42. The van der Waals surface area contributed by atoms with E-state index in [0.717, 1.165) is 17.3 Å². The van der Waals surface area contributed by atoms with Crippen LogP contribution in [0.5, 0.6) is 5.75 Å². The summed E-state index contributed by atoms with van der Waals surface area (Å²) in [4.78, 5) is 10.7. The maximum Gasteiger partial charge on any atom is 0.150 e. The number of hydrogen-bond acceptors (Lipinski definition) is 3. The fraction of sp³-hybridized carbons (Fsp3) is 0.136. The van der Waals surface area contributed by atoms with Crippen LogP contribution in [-0.2, 0) is 6.54 Å². The molecule has 4 rings (SSSR count). The Morgan fingerprint density at radius 2 is 1.46 bits per heavy atom. The zero-order valence-corrected chi connectivity index (χ0v) is 14.2. The molecule has 0 fully saturated rings. The van der Waals surface area contributed by atoms with Crippen LogP contribution in [0.25, 0.3) is 21.8 Å². The standard InChI is InChI=1S/C22H19NO3/c24-14-16-9-11-18(12-10-16)26-15-17(25)13-23-21-7-3-1-5-19(21)20-6-2-4-8-22(20)23/h1-12,14,17,25H,13,15H2/t17-/m0/s1. The lowest BCUT2D eigenvalue weighted by Gasteiger charge is -2.15. The number of para-hydroxylation sites is 2. The van der Waals surface area contributed by atoms with Gasteiger partial charge in [-0.1, -0.05) is 36.4 Å². The van der Waals surface area contributed by atoms with Gasteiger partial charge in [-0.25, -0.2) is 0 Å². The smallest absolute Gasteiger partial charge is 0.150 e. The van der Waals surface area contributed by atoms with Crippen molar-refractivity contribution < 1.29 is 14.6 Å². The number of aldehydes is 1. The van der Waals surface area contributed by atoms with Crippen molar-refractivity contribution in [1.82, 2.24) is 4.57 Å². The van der Waals surface area contributed by atoms with Gasteiger partial charge < -0.3 is 14.4 Å². The van der Waals surface area contributed by atoms with E-state index in [1.54, 1.807) is 24.3 Å². The molecule has 4 nitrogen and oxygen atoms in total. The zero-order chi connectivity index (χ0) is 17.9. The second-order valence-electron chi connectivity index (χ2n) is 6.30. The van der Waals surface area contributed by atoms with Gasteiger partial charge in [-0.05, 0) is 36.4 Å². The SMILES string of the molecule is O=Cc1ccc(OC[C@@H](O)Cn2c3ccccc3c3ccccc32)cc1. The molecule has 1 aromatic heterocycles. The van der Waals surface area contributed by atoms with Crippen molar-refractivity contribution in [3.8, 4) is 5.75 Å². The molecule has 0 amide bonds. The van der Waals surface area contributed by atoms with Gasteiger partial charge in [0.25, 0.3) is 0 Å². The molecule has 0 unspecified atom stereocenters. The number of aliphatic hydroxyl groups is 1. The van der Waals surface area contributed by atoms with Crippen LogP contribution in [0.4, 0.5) is 0 Å². The number of benzene rings is 3. The lowest BCUT2D eigenvalue weighted by atomic mass is 10.2. The molecule has 1 heterocycles. The minimum Gasteiger partial charge on any atom is -0.491 e. The molecule has 0 bridgehead atoms. The topological polar surface area (TPSA) is 51.5 Å². The third-order valence-electron chi connectivity index (χ3n) is 4.53. The summed E-state index contributed by atoms with van der Waals surface area (Å²) in [5.74, 6) is 0.636. The minimum absolute atomic E-state index is 0.182. The van der Waals surface area contributed by atoms with Gasteiger partial charge in [-0.15, -0.1) is 0 Å². The van der Waals surface area contributed by atoms with Crippen molar-refractivity contribution in [3.05, 3.63) is 78.4 Å². The van der Waals surface area contributed by atoms with Crippen molar-refractivity contribution in [1.29, 1.82) is 0 Å². The summed E-state index contributed by atoms with van der Waals surface area (Å²) < 4.78 is 7.79. The first-order valence-corrected chi connectivity index (χ1v) is 8.58. The predicted molar refractivity (Wildman–Crippen MR) is 103 cm³/mol. The highest BCUT2D eigenvalue weighted by Gasteiger charge is 2.13. The second kappa shape index (κ2) is 7.02. The van der Waals surface area contributed by atoms with Crippen LogP contribution in [0.3, 0.4) is 0 Å².